The lowest BCUT2D eigenvalue weighted by Crippen LogP contribution is -2.32. The van der Waals surface area contributed by atoms with Crippen molar-refractivity contribution in [1.29, 1.82) is 0 Å². The van der Waals surface area contributed by atoms with Gasteiger partial charge in [0, 0.05) is 11.8 Å². The summed E-state index contributed by atoms with van der Waals surface area (Å²) in [5.41, 5.74) is 6.25. The standard InChI is InChI=1S/C24H24BN/c25-24(16-17-6-9-22(24)14-17)21-10-7-18(8-11-21)20-12-13-26-23(15-20)19-4-2-1-3-5-19/h1-5,7-8,10-13,15,17,22H,6,9,14,16,25H2. The fourth-order valence-corrected chi connectivity index (χ4v) is 5.38. The lowest BCUT2D eigenvalue weighted by molar-refractivity contribution is 0.373. The van der Waals surface area contributed by atoms with E-state index in [1.165, 1.54) is 47.9 Å². The van der Waals surface area contributed by atoms with Crippen molar-refractivity contribution >= 4 is 7.85 Å². The Bertz CT molecular complexity index is 918. The van der Waals surface area contributed by atoms with E-state index in [1.807, 2.05) is 12.3 Å². The minimum Gasteiger partial charge on any atom is -0.256 e. The van der Waals surface area contributed by atoms with Gasteiger partial charge in [-0.1, -0.05) is 67.4 Å². The first-order valence-electron chi connectivity index (χ1n) is 9.85. The summed E-state index contributed by atoms with van der Waals surface area (Å²) in [5.74, 6) is 1.86. The van der Waals surface area contributed by atoms with Crippen molar-refractivity contribution in [3.63, 3.8) is 0 Å². The molecule has 2 bridgehead atoms. The molecule has 3 aromatic rings. The summed E-state index contributed by atoms with van der Waals surface area (Å²) in [6, 6.07) is 24.1. The van der Waals surface area contributed by atoms with E-state index in [2.05, 4.69) is 73.5 Å². The molecule has 26 heavy (non-hydrogen) atoms. The highest BCUT2D eigenvalue weighted by atomic mass is 14.7. The number of benzene rings is 2. The Kier molecular flexibility index (Phi) is 3.74. The van der Waals surface area contributed by atoms with Gasteiger partial charge in [0.15, 0.2) is 0 Å². The zero-order chi connectivity index (χ0) is 17.6. The highest BCUT2D eigenvalue weighted by Gasteiger charge is 2.48. The van der Waals surface area contributed by atoms with Crippen LogP contribution in [0.5, 0.6) is 0 Å². The fourth-order valence-electron chi connectivity index (χ4n) is 5.38. The highest BCUT2D eigenvalue weighted by molar-refractivity contribution is 6.16. The molecule has 2 aromatic carbocycles. The highest BCUT2D eigenvalue weighted by Crippen LogP contribution is 2.55. The van der Waals surface area contributed by atoms with Gasteiger partial charge in [-0.25, -0.2) is 0 Å². The fraction of sp³-hybridized carbons (Fsp3) is 0.292. The van der Waals surface area contributed by atoms with Crippen LogP contribution in [0.15, 0.2) is 72.9 Å². The number of aromatic nitrogens is 1. The summed E-state index contributed by atoms with van der Waals surface area (Å²) in [4.78, 5) is 4.55. The molecule has 3 unspecified atom stereocenters. The van der Waals surface area contributed by atoms with Crippen molar-refractivity contribution in [1.82, 2.24) is 4.98 Å². The first-order valence-corrected chi connectivity index (χ1v) is 9.85. The van der Waals surface area contributed by atoms with Crippen LogP contribution in [0.1, 0.15) is 31.2 Å². The topological polar surface area (TPSA) is 12.9 Å². The van der Waals surface area contributed by atoms with Crippen molar-refractivity contribution in [2.75, 3.05) is 0 Å². The van der Waals surface area contributed by atoms with E-state index in [-0.39, 0.29) is 0 Å². The second-order valence-corrected chi connectivity index (χ2v) is 8.37. The molecule has 0 saturated heterocycles. The Morgan fingerprint density at radius 1 is 0.846 bits per heavy atom. The molecule has 2 fully saturated rings. The van der Waals surface area contributed by atoms with E-state index in [0.717, 1.165) is 17.5 Å². The van der Waals surface area contributed by atoms with E-state index < -0.39 is 0 Å². The SMILES string of the molecule is BC1(c2ccc(-c3ccnc(-c4ccccc4)c3)cc2)CC2CCC1C2. The van der Waals surface area contributed by atoms with Crippen molar-refractivity contribution in [3.8, 4) is 22.4 Å². The molecule has 0 radical (unpaired) electrons. The van der Waals surface area contributed by atoms with Crippen molar-refractivity contribution in [2.24, 2.45) is 11.8 Å². The molecular formula is C24H24BN. The minimum atomic E-state index is 0.398. The van der Waals surface area contributed by atoms with E-state index in [9.17, 15) is 0 Å². The second kappa shape index (κ2) is 6.12. The molecule has 1 aromatic heterocycles. The van der Waals surface area contributed by atoms with E-state index in [1.54, 1.807) is 0 Å². The van der Waals surface area contributed by atoms with Gasteiger partial charge >= 0.3 is 0 Å². The van der Waals surface area contributed by atoms with E-state index >= 15 is 0 Å². The molecule has 2 aliphatic rings. The molecule has 1 heterocycles. The summed E-state index contributed by atoms with van der Waals surface area (Å²) in [6.07, 6.45) is 7.63. The molecule has 2 heteroatoms. The summed E-state index contributed by atoms with van der Waals surface area (Å²) in [5, 5.41) is 0.398. The molecular weight excluding hydrogens is 313 g/mol. The molecule has 2 saturated carbocycles. The Morgan fingerprint density at radius 2 is 1.65 bits per heavy atom. The van der Waals surface area contributed by atoms with E-state index in [0.29, 0.717) is 5.31 Å². The summed E-state index contributed by atoms with van der Waals surface area (Å²) < 4.78 is 0. The van der Waals surface area contributed by atoms with Gasteiger partial charge in [-0.2, -0.15) is 0 Å². The number of hydrogen-bond acceptors (Lipinski definition) is 1. The summed E-state index contributed by atoms with van der Waals surface area (Å²) in [7, 11) is 2.49. The average Bonchev–Trinajstić information content (AvgIpc) is 3.30. The maximum absolute atomic E-state index is 4.55. The van der Waals surface area contributed by atoms with Crippen LogP contribution in [0.4, 0.5) is 0 Å². The van der Waals surface area contributed by atoms with Gasteiger partial charge in [-0.05, 0) is 58.8 Å². The van der Waals surface area contributed by atoms with Crippen LogP contribution in [0.3, 0.4) is 0 Å². The maximum atomic E-state index is 4.55. The minimum absolute atomic E-state index is 0.398. The van der Waals surface area contributed by atoms with Crippen LogP contribution in [0.25, 0.3) is 22.4 Å². The van der Waals surface area contributed by atoms with Crippen LogP contribution < -0.4 is 0 Å². The van der Waals surface area contributed by atoms with Gasteiger partial charge in [-0.15, -0.1) is 0 Å². The lowest BCUT2D eigenvalue weighted by atomic mass is 9.55. The third kappa shape index (κ3) is 2.60. The normalized spacial score (nSPS) is 26.9. The van der Waals surface area contributed by atoms with Crippen molar-refractivity contribution in [3.05, 3.63) is 78.5 Å². The van der Waals surface area contributed by atoms with Crippen molar-refractivity contribution in [2.45, 2.75) is 31.0 Å². The molecule has 2 aliphatic carbocycles. The quantitative estimate of drug-likeness (QED) is 0.609. The molecule has 128 valence electrons. The Morgan fingerprint density at radius 3 is 2.35 bits per heavy atom. The van der Waals surface area contributed by atoms with Crippen LogP contribution in [0, 0.1) is 11.8 Å². The Balaban J connectivity index is 1.45. The molecule has 0 spiro atoms. The number of pyridine rings is 1. The molecule has 0 amide bonds. The predicted molar refractivity (Wildman–Crippen MR) is 111 cm³/mol. The Labute approximate surface area is 156 Å². The Hall–Kier alpha value is -2.35. The smallest absolute Gasteiger partial charge is 0.115 e. The summed E-state index contributed by atoms with van der Waals surface area (Å²) >= 11 is 0. The lowest BCUT2D eigenvalue weighted by Gasteiger charge is -2.35. The van der Waals surface area contributed by atoms with E-state index in [4.69, 9.17) is 0 Å². The first kappa shape index (κ1) is 15.9. The molecule has 0 aliphatic heterocycles. The van der Waals surface area contributed by atoms with Gasteiger partial charge in [0.2, 0.25) is 0 Å². The largest absolute Gasteiger partial charge is 0.256 e. The third-order valence-electron chi connectivity index (χ3n) is 6.86. The molecule has 5 rings (SSSR count). The number of hydrogen-bond donors (Lipinski definition) is 0. The third-order valence-corrected chi connectivity index (χ3v) is 6.86. The zero-order valence-corrected chi connectivity index (χ0v) is 15.4. The molecule has 0 N–H and O–H groups in total. The van der Waals surface area contributed by atoms with Crippen LogP contribution in [-0.4, -0.2) is 12.8 Å². The molecule has 3 atom stereocenters. The monoisotopic (exact) mass is 337 g/mol. The van der Waals surface area contributed by atoms with Crippen LogP contribution >= 0.6 is 0 Å². The van der Waals surface area contributed by atoms with Gasteiger partial charge in [0.1, 0.15) is 7.85 Å². The number of fused-ring (bicyclic) bond motifs is 2. The predicted octanol–water partition coefficient (Wildman–Crippen LogP) is 5.06. The number of rotatable bonds is 3. The van der Waals surface area contributed by atoms with Gasteiger partial charge < -0.3 is 0 Å². The number of nitrogens with zero attached hydrogens (tertiary/aromatic N) is 1. The van der Waals surface area contributed by atoms with Gasteiger partial charge in [-0.3, -0.25) is 4.98 Å². The maximum Gasteiger partial charge on any atom is 0.115 e. The van der Waals surface area contributed by atoms with Crippen molar-refractivity contribution < 1.29 is 0 Å². The zero-order valence-electron chi connectivity index (χ0n) is 15.4. The van der Waals surface area contributed by atoms with Crippen LogP contribution in [-0.2, 0) is 5.31 Å². The second-order valence-electron chi connectivity index (χ2n) is 8.37. The average molecular weight is 337 g/mol. The van der Waals surface area contributed by atoms with Gasteiger partial charge in [0.05, 0.1) is 5.69 Å². The molecule has 1 nitrogen and oxygen atoms in total. The van der Waals surface area contributed by atoms with Crippen LogP contribution in [0.2, 0.25) is 0 Å². The first-order chi connectivity index (χ1) is 12.7. The summed E-state index contributed by atoms with van der Waals surface area (Å²) in [6.45, 7) is 0. The van der Waals surface area contributed by atoms with Gasteiger partial charge in [0.25, 0.3) is 0 Å².